The second-order valence-electron chi connectivity index (χ2n) is 5.32. The Bertz CT molecular complexity index is 980. The number of carbonyl (C=O) groups is 1. The molecule has 0 aliphatic heterocycles. The molecule has 1 heterocycles. The van der Waals surface area contributed by atoms with Crippen molar-refractivity contribution in [2.24, 2.45) is 0 Å². The molecule has 3 aromatic rings. The maximum Gasteiger partial charge on any atom is 0.251 e. The van der Waals surface area contributed by atoms with Gasteiger partial charge in [0.25, 0.3) is 5.91 Å². The summed E-state index contributed by atoms with van der Waals surface area (Å²) in [4.78, 5) is 16.8. The molecular weight excluding hydrogens is 358 g/mol. The number of carbonyl (C=O) groups excluding carboxylic acids is 1. The molecule has 0 aliphatic rings. The number of nitrogens with one attached hydrogen (secondary N) is 2. The van der Waals surface area contributed by atoms with Gasteiger partial charge < -0.3 is 5.32 Å². The molecule has 0 spiro atoms. The maximum absolute atomic E-state index is 12.2. The largest absolute Gasteiger partial charge is 0.352 e. The van der Waals surface area contributed by atoms with Gasteiger partial charge in [-0.2, -0.15) is 0 Å². The fourth-order valence-electron chi connectivity index (χ4n) is 2.33. The van der Waals surface area contributed by atoms with Crippen molar-refractivity contribution in [3.8, 4) is 0 Å². The number of rotatable bonds is 6. The number of para-hydroxylation sites is 1. The molecule has 0 unspecified atom stereocenters. The lowest BCUT2D eigenvalue weighted by atomic mass is 10.2. The van der Waals surface area contributed by atoms with Crippen LogP contribution in [0, 0.1) is 0 Å². The molecule has 130 valence electrons. The number of sulfonamides is 1. The first-order valence-electron chi connectivity index (χ1n) is 7.66. The van der Waals surface area contributed by atoms with Gasteiger partial charge in [-0.15, -0.1) is 11.3 Å². The summed E-state index contributed by atoms with van der Waals surface area (Å²) in [5, 5.41) is 3.75. The summed E-state index contributed by atoms with van der Waals surface area (Å²) < 4.78 is 27.0. The van der Waals surface area contributed by atoms with Gasteiger partial charge in [-0.05, 0) is 37.4 Å². The van der Waals surface area contributed by atoms with Crippen molar-refractivity contribution in [1.29, 1.82) is 0 Å². The molecule has 3 rings (SSSR count). The third-order valence-electron chi connectivity index (χ3n) is 3.64. The van der Waals surface area contributed by atoms with Crippen LogP contribution in [0.5, 0.6) is 0 Å². The first-order valence-corrected chi connectivity index (χ1v) is 9.96. The number of aromatic nitrogens is 1. The second-order valence-corrected chi connectivity index (χ2v) is 8.32. The predicted octanol–water partition coefficient (Wildman–Crippen LogP) is 2.18. The summed E-state index contributed by atoms with van der Waals surface area (Å²) in [7, 11) is -2.24. The Hall–Kier alpha value is -2.29. The van der Waals surface area contributed by atoms with E-state index in [1.807, 2.05) is 24.3 Å². The van der Waals surface area contributed by atoms with Gasteiger partial charge in [-0.25, -0.2) is 18.1 Å². The lowest BCUT2D eigenvalue weighted by molar-refractivity contribution is 0.0954. The number of fused-ring (bicyclic) bond motifs is 1. The van der Waals surface area contributed by atoms with E-state index in [9.17, 15) is 13.2 Å². The molecule has 0 atom stereocenters. The minimum Gasteiger partial charge on any atom is -0.352 e. The molecule has 0 fully saturated rings. The number of hydrogen-bond donors (Lipinski definition) is 2. The molecule has 0 radical (unpaired) electrons. The normalized spacial score (nSPS) is 11.6. The van der Waals surface area contributed by atoms with Gasteiger partial charge in [0.1, 0.15) is 0 Å². The molecule has 2 aromatic carbocycles. The van der Waals surface area contributed by atoms with Gasteiger partial charge in [0.15, 0.2) is 0 Å². The Morgan fingerprint density at radius 3 is 2.72 bits per heavy atom. The highest BCUT2D eigenvalue weighted by Gasteiger charge is 2.14. The van der Waals surface area contributed by atoms with Gasteiger partial charge in [0.2, 0.25) is 10.0 Å². The van der Waals surface area contributed by atoms with Crippen LogP contribution in [0.25, 0.3) is 10.2 Å². The number of benzene rings is 2. The zero-order chi connectivity index (χ0) is 17.9. The SMILES string of the molecule is CNS(=O)(=O)c1cccc(C(=O)NCCc2nc3ccccc3s2)c1. The van der Waals surface area contributed by atoms with Crippen LogP contribution in [0.2, 0.25) is 0 Å². The van der Waals surface area contributed by atoms with E-state index in [0.717, 1.165) is 15.2 Å². The maximum atomic E-state index is 12.2. The Kier molecular flexibility index (Phi) is 5.12. The van der Waals surface area contributed by atoms with E-state index in [1.54, 1.807) is 23.5 Å². The van der Waals surface area contributed by atoms with Crippen LogP contribution in [-0.2, 0) is 16.4 Å². The number of hydrogen-bond acceptors (Lipinski definition) is 5. The zero-order valence-electron chi connectivity index (χ0n) is 13.5. The summed E-state index contributed by atoms with van der Waals surface area (Å²) in [5.74, 6) is -0.311. The first-order chi connectivity index (χ1) is 12.0. The molecule has 0 bridgehead atoms. The Balaban J connectivity index is 1.63. The molecule has 1 amide bonds. The molecule has 8 heteroatoms. The molecule has 0 aliphatic carbocycles. The molecule has 0 saturated carbocycles. The summed E-state index contributed by atoms with van der Waals surface area (Å²) in [6.07, 6.45) is 0.625. The van der Waals surface area contributed by atoms with Crippen molar-refractivity contribution in [3.63, 3.8) is 0 Å². The molecule has 1 aromatic heterocycles. The average Bonchev–Trinajstić information content (AvgIpc) is 3.04. The van der Waals surface area contributed by atoms with Crippen LogP contribution >= 0.6 is 11.3 Å². The van der Waals surface area contributed by atoms with Crippen LogP contribution in [0.4, 0.5) is 0 Å². The standard InChI is InChI=1S/C17H17N3O3S2/c1-18-25(22,23)13-6-4-5-12(11-13)17(21)19-10-9-16-20-14-7-2-3-8-15(14)24-16/h2-8,11,18H,9-10H2,1H3,(H,19,21). The highest BCUT2D eigenvalue weighted by molar-refractivity contribution is 7.89. The molecule has 25 heavy (non-hydrogen) atoms. The van der Waals surface area contributed by atoms with Crippen molar-refractivity contribution in [2.75, 3.05) is 13.6 Å². The number of amides is 1. The molecule has 0 saturated heterocycles. The van der Waals surface area contributed by atoms with E-state index < -0.39 is 10.0 Å². The average molecular weight is 375 g/mol. The van der Waals surface area contributed by atoms with Crippen molar-refractivity contribution in [3.05, 3.63) is 59.1 Å². The Labute approximate surface area is 150 Å². The van der Waals surface area contributed by atoms with Gasteiger partial charge >= 0.3 is 0 Å². The molecule has 2 N–H and O–H groups in total. The van der Waals surface area contributed by atoms with Gasteiger partial charge in [0.05, 0.1) is 20.1 Å². The summed E-state index contributed by atoms with van der Waals surface area (Å²) in [6.45, 7) is 0.432. The van der Waals surface area contributed by atoms with Crippen molar-refractivity contribution < 1.29 is 13.2 Å². The van der Waals surface area contributed by atoms with Crippen LogP contribution in [0.1, 0.15) is 15.4 Å². The van der Waals surface area contributed by atoms with E-state index in [0.29, 0.717) is 18.5 Å². The quantitative estimate of drug-likeness (QED) is 0.691. The molecule has 6 nitrogen and oxygen atoms in total. The third kappa shape index (κ3) is 4.04. The first kappa shape index (κ1) is 17.5. The Morgan fingerprint density at radius 2 is 1.96 bits per heavy atom. The van der Waals surface area contributed by atoms with Gasteiger partial charge in [-0.1, -0.05) is 18.2 Å². The second kappa shape index (κ2) is 7.30. The zero-order valence-corrected chi connectivity index (χ0v) is 15.2. The summed E-state index contributed by atoms with van der Waals surface area (Å²) >= 11 is 1.60. The van der Waals surface area contributed by atoms with E-state index in [2.05, 4.69) is 15.0 Å². The smallest absolute Gasteiger partial charge is 0.251 e. The van der Waals surface area contributed by atoms with Crippen LogP contribution in [-0.4, -0.2) is 32.9 Å². The number of nitrogens with zero attached hydrogens (tertiary/aromatic N) is 1. The van der Waals surface area contributed by atoms with E-state index in [4.69, 9.17) is 0 Å². The van der Waals surface area contributed by atoms with E-state index >= 15 is 0 Å². The monoisotopic (exact) mass is 375 g/mol. The van der Waals surface area contributed by atoms with Gasteiger partial charge in [-0.3, -0.25) is 4.79 Å². The van der Waals surface area contributed by atoms with Crippen LogP contribution in [0.15, 0.2) is 53.4 Å². The topological polar surface area (TPSA) is 88.2 Å². The predicted molar refractivity (Wildman–Crippen MR) is 98.3 cm³/mol. The van der Waals surface area contributed by atoms with Gasteiger partial charge in [0, 0.05) is 18.5 Å². The summed E-state index contributed by atoms with van der Waals surface area (Å²) in [6, 6.07) is 13.8. The minimum atomic E-state index is -3.57. The summed E-state index contributed by atoms with van der Waals surface area (Å²) in [5.41, 5.74) is 1.26. The van der Waals surface area contributed by atoms with Crippen LogP contribution in [0.3, 0.4) is 0 Å². The molecular formula is C17H17N3O3S2. The van der Waals surface area contributed by atoms with Crippen molar-refractivity contribution in [1.82, 2.24) is 15.0 Å². The lowest BCUT2D eigenvalue weighted by Crippen LogP contribution is -2.26. The Morgan fingerprint density at radius 1 is 1.16 bits per heavy atom. The van der Waals surface area contributed by atoms with E-state index in [-0.39, 0.29) is 10.8 Å². The highest BCUT2D eigenvalue weighted by atomic mass is 32.2. The lowest BCUT2D eigenvalue weighted by Gasteiger charge is -2.06. The van der Waals surface area contributed by atoms with E-state index in [1.165, 1.54) is 19.2 Å². The van der Waals surface area contributed by atoms with Crippen molar-refractivity contribution in [2.45, 2.75) is 11.3 Å². The minimum absolute atomic E-state index is 0.0637. The highest BCUT2D eigenvalue weighted by Crippen LogP contribution is 2.21. The number of thiazole rings is 1. The van der Waals surface area contributed by atoms with Crippen LogP contribution < -0.4 is 10.0 Å². The fraction of sp³-hybridized carbons (Fsp3) is 0.176. The van der Waals surface area contributed by atoms with Crippen molar-refractivity contribution >= 4 is 37.5 Å². The fourth-order valence-corrected chi connectivity index (χ4v) is 4.08. The third-order valence-corrected chi connectivity index (χ3v) is 6.15.